The van der Waals surface area contributed by atoms with Gasteiger partial charge in [-0.15, -0.1) is 11.3 Å². The molecule has 2 fully saturated rings. The number of carbonyl (C=O) groups is 2. The molecule has 0 saturated carbocycles. The van der Waals surface area contributed by atoms with E-state index >= 15 is 0 Å². The molecule has 2 aliphatic heterocycles. The smallest absolute Gasteiger partial charge is 0.270 e. The first-order valence-corrected chi connectivity index (χ1v) is 13.5. The number of piperidine rings is 1. The van der Waals surface area contributed by atoms with Crippen LogP contribution in [0.25, 0.3) is 0 Å². The maximum atomic E-state index is 13.2. The maximum Gasteiger partial charge on any atom is 0.270 e. The summed E-state index contributed by atoms with van der Waals surface area (Å²) in [6.45, 7) is 2.39. The van der Waals surface area contributed by atoms with E-state index in [0.717, 1.165) is 30.6 Å². The number of sulfonamides is 1. The monoisotopic (exact) mass is 478 g/mol. The predicted octanol–water partition coefficient (Wildman–Crippen LogP) is 2.81. The molecule has 2 saturated heterocycles. The van der Waals surface area contributed by atoms with Crippen LogP contribution in [0, 0.1) is 5.92 Å². The number of aromatic nitrogens is 1. The van der Waals surface area contributed by atoms with Crippen LogP contribution in [-0.4, -0.2) is 60.6 Å². The summed E-state index contributed by atoms with van der Waals surface area (Å²) in [5.41, 5.74) is 0.299. The molecule has 1 atom stereocenters. The van der Waals surface area contributed by atoms with E-state index in [1.807, 2.05) is 17.5 Å². The van der Waals surface area contributed by atoms with E-state index in [-0.39, 0.29) is 29.2 Å². The summed E-state index contributed by atoms with van der Waals surface area (Å²) in [6, 6.07) is 5.33. The Morgan fingerprint density at radius 2 is 1.91 bits per heavy atom. The number of thiophene rings is 1. The quantitative estimate of drug-likeness (QED) is 0.666. The first kappa shape index (κ1) is 23.0. The van der Waals surface area contributed by atoms with Crippen LogP contribution in [0.1, 0.15) is 53.9 Å². The van der Waals surface area contributed by atoms with Crippen molar-refractivity contribution in [2.75, 3.05) is 26.2 Å². The molecule has 0 radical (unpaired) electrons. The molecule has 32 heavy (non-hydrogen) atoms. The number of likely N-dealkylation sites (tertiary alicyclic amines) is 1. The van der Waals surface area contributed by atoms with E-state index in [1.54, 1.807) is 16.2 Å². The lowest BCUT2D eigenvalue weighted by Crippen LogP contribution is -2.45. The van der Waals surface area contributed by atoms with Crippen molar-refractivity contribution in [3.05, 3.63) is 40.3 Å². The van der Waals surface area contributed by atoms with Gasteiger partial charge in [-0.1, -0.05) is 18.9 Å². The third-order valence-electron chi connectivity index (χ3n) is 6.19. The Hall–Kier alpha value is -2.17. The minimum absolute atomic E-state index is 0.0790. The highest BCUT2D eigenvalue weighted by Gasteiger charge is 2.34. The lowest BCUT2D eigenvalue weighted by molar-refractivity contribution is -0.126. The van der Waals surface area contributed by atoms with Crippen LogP contribution < -0.4 is 5.32 Å². The van der Waals surface area contributed by atoms with Gasteiger partial charge in [-0.05, 0) is 43.2 Å². The average molecular weight is 479 g/mol. The standard InChI is InChI=1S/C22H30N4O4S2/c27-21(24-14-18-8-6-12-31-18)17-7-5-11-26(16-17)32(29,30)19-13-20(23-15-19)22(28)25-9-3-1-2-4-10-25/h6,8,12-13,15,17,23H,1-5,7,9-11,14,16H2,(H,24,27). The van der Waals surface area contributed by atoms with Crippen LogP contribution in [0.2, 0.25) is 0 Å². The van der Waals surface area contributed by atoms with E-state index in [2.05, 4.69) is 10.3 Å². The normalized spacial score (nSPS) is 20.6. The molecule has 2 N–H and O–H groups in total. The summed E-state index contributed by atoms with van der Waals surface area (Å²) < 4.78 is 27.8. The fourth-order valence-corrected chi connectivity index (χ4v) is 6.51. The number of aromatic amines is 1. The maximum absolute atomic E-state index is 13.2. The van der Waals surface area contributed by atoms with E-state index in [0.29, 0.717) is 44.7 Å². The van der Waals surface area contributed by atoms with Crippen LogP contribution in [0.4, 0.5) is 0 Å². The van der Waals surface area contributed by atoms with Gasteiger partial charge in [0.2, 0.25) is 15.9 Å². The molecular formula is C22H30N4O4S2. The van der Waals surface area contributed by atoms with Gasteiger partial charge < -0.3 is 15.2 Å². The molecule has 8 nitrogen and oxygen atoms in total. The largest absolute Gasteiger partial charge is 0.356 e. The molecule has 0 bridgehead atoms. The summed E-state index contributed by atoms with van der Waals surface area (Å²) in [4.78, 5) is 31.2. The Morgan fingerprint density at radius 1 is 1.12 bits per heavy atom. The van der Waals surface area contributed by atoms with Crippen LogP contribution in [0.3, 0.4) is 0 Å². The number of nitrogens with zero attached hydrogens (tertiary/aromatic N) is 2. The van der Waals surface area contributed by atoms with Gasteiger partial charge in [-0.2, -0.15) is 4.31 Å². The SMILES string of the molecule is O=C(NCc1cccs1)C1CCCN(S(=O)(=O)c2c[nH]c(C(=O)N3CCCCCC3)c2)C1. The minimum Gasteiger partial charge on any atom is -0.356 e. The van der Waals surface area contributed by atoms with Crippen molar-refractivity contribution in [2.45, 2.75) is 50.0 Å². The molecule has 4 rings (SSSR count). The second-order valence-corrected chi connectivity index (χ2v) is 11.4. The summed E-state index contributed by atoms with van der Waals surface area (Å²) >= 11 is 1.57. The molecule has 10 heteroatoms. The van der Waals surface area contributed by atoms with Crippen molar-refractivity contribution in [1.82, 2.24) is 19.5 Å². The lowest BCUT2D eigenvalue weighted by Gasteiger charge is -2.30. The topological polar surface area (TPSA) is 103 Å². The lowest BCUT2D eigenvalue weighted by atomic mass is 9.99. The van der Waals surface area contributed by atoms with Crippen LogP contribution in [0.15, 0.2) is 34.7 Å². The fraction of sp³-hybridized carbons (Fsp3) is 0.545. The van der Waals surface area contributed by atoms with Crippen molar-refractivity contribution in [2.24, 2.45) is 5.92 Å². The van der Waals surface area contributed by atoms with Crippen LogP contribution in [-0.2, 0) is 21.4 Å². The first-order valence-electron chi connectivity index (χ1n) is 11.2. The first-order chi connectivity index (χ1) is 15.4. The van der Waals surface area contributed by atoms with Crippen LogP contribution >= 0.6 is 11.3 Å². The molecule has 2 amide bonds. The van der Waals surface area contributed by atoms with E-state index < -0.39 is 10.0 Å². The van der Waals surface area contributed by atoms with Gasteiger partial charge in [-0.3, -0.25) is 9.59 Å². The highest BCUT2D eigenvalue weighted by atomic mass is 32.2. The molecule has 0 spiro atoms. The predicted molar refractivity (Wildman–Crippen MR) is 123 cm³/mol. The Balaban J connectivity index is 1.40. The van der Waals surface area contributed by atoms with Crippen molar-refractivity contribution in [3.8, 4) is 0 Å². The zero-order chi connectivity index (χ0) is 22.6. The van der Waals surface area contributed by atoms with Gasteiger partial charge >= 0.3 is 0 Å². The highest BCUT2D eigenvalue weighted by Crippen LogP contribution is 2.25. The summed E-state index contributed by atoms with van der Waals surface area (Å²) in [5, 5.41) is 4.88. The number of amides is 2. The number of hydrogen-bond donors (Lipinski definition) is 2. The van der Waals surface area contributed by atoms with Crippen molar-refractivity contribution in [1.29, 1.82) is 0 Å². The van der Waals surface area contributed by atoms with Crippen molar-refractivity contribution in [3.63, 3.8) is 0 Å². The Labute approximate surface area is 193 Å². The van der Waals surface area contributed by atoms with Gasteiger partial charge in [0.25, 0.3) is 5.91 Å². The third kappa shape index (κ3) is 5.24. The fourth-order valence-electron chi connectivity index (χ4n) is 4.35. The molecule has 0 aliphatic carbocycles. The number of nitrogens with one attached hydrogen (secondary N) is 2. The van der Waals surface area contributed by atoms with Gasteiger partial charge in [0, 0.05) is 37.3 Å². The molecule has 2 aromatic rings. The van der Waals surface area contributed by atoms with Gasteiger partial charge in [0.05, 0.1) is 12.5 Å². The van der Waals surface area contributed by atoms with E-state index in [4.69, 9.17) is 0 Å². The van der Waals surface area contributed by atoms with Gasteiger partial charge in [0.15, 0.2) is 0 Å². The second kappa shape index (κ2) is 10.2. The minimum atomic E-state index is -3.78. The van der Waals surface area contributed by atoms with Crippen molar-refractivity contribution >= 4 is 33.2 Å². The Kier molecular flexibility index (Phi) is 7.32. The molecule has 2 aromatic heterocycles. The Morgan fingerprint density at radius 3 is 2.62 bits per heavy atom. The third-order valence-corrected chi connectivity index (χ3v) is 8.91. The second-order valence-electron chi connectivity index (χ2n) is 8.45. The summed E-state index contributed by atoms with van der Waals surface area (Å²) in [7, 11) is -3.78. The highest BCUT2D eigenvalue weighted by molar-refractivity contribution is 7.89. The molecule has 4 heterocycles. The summed E-state index contributed by atoms with van der Waals surface area (Å²) in [6.07, 6.45) is 6.86. The number of H-pyrrole nitrogens is 1. The number of hydrogen-bond acceptors (Lipinski definition) is 5. The van der Waals surface area contributed by atoms with Gasteiger partial charge in [0.1, 0.15) is 10.6 Å². The summed E-state index contributed by atoms with van der Waals surface area (Å²) in [5.74, 6) is -0.655. The molecule has 1 unspecified atom stereocenters. The molecule has 174 valence electrons. The van der Waals surface area contributed by atoms with Crippen LogP contribution in [0.5, 0.6) is 0 Å². The number of rotatable bonds is 6. The zero-order valence-corrected chi connectivity index (χ0v) is 19.7. The van der Waals surface area contributed by atoms with Crippen molar-refractivity contribution < 1.29 is 18.0 Å². The van der Waals surface area contributed by atoms with Gasteiger partial charge in [-0.25, -0.2) is 8.42 Å². The number of carbonyl (C=O) groups excluding carboxylic acids is 2. The average Bonchev–Trinajstić information content (AvgIpc) is 3.44. The zero-order valence-electron chi connectivity index (χ0n) is 18.1. The molecular weight excluding hydrogens is 448 g/mol. The molecule has 2 aliphatic rings. The molecule has 0 aromatic carbocycles. The Bertz CT molecular complexity index is 1020. The van der Waals surface area contributed by atoms with E-state index in [9.17, 15) is 18.0 Å². The van der Waals surface area contributed by atoms with E-state index in [1.165, 1.54) is 16.6 Å².